The van der Waals surface area contributed by atoms with Crippen LogP contribution in [0.4, 0.5) is 5.69 Å². The number of benzene rings is 2. The number of anilines is 1. The molecule has 4 aromatic rings. The van der Waals surface area contributed by atoms with Gasteiger partial charge in [0, 0.05) is 65.4 Å². The van der Waals surface area contributed by atoms with Gasteiger partial charge in [-0.25, -0.2) is 4.98 Å². The first-order chi connectivity index (χ1) is 16.2. The van der Waals surface area contributed by atoms with E-state index in [0.29, 0.717) is 5.56 Å². The first kappa shape index (κ1) is 22.1. The highest BCUT2D eigenvalue weighted by molar-refractivity contribution is 7.99. The van der Waals surface area contributed by atoms with Gasteiger partial charge >= 0.3 is 0 Å². The molecule has 1 amide bonds. The van der Waals surface area contributed by atoms with E-state index in [4.69, 9.17) is 0 Å². The van der Waals surface area contributed by atoms with E-state index in [0.717, 1.165) is 47.3 Å². The lowest BCUT2D eigenvalue weighted by Crippen LogP contribution is -2.31. The summed E-state index contributed by atoms with van der Waals surface area (Å²) in [6, 6.07) is 21.9. The van der Waals surface area contributed by atoms with Crippen LogP contribution in [-0.2, 0) is 12.3 Å². The molecule has 168 valence electrons. The van der Waals surface area contributed by atoms with Gasteiger partial charge in [-0.2, -0.15) is 11.8 Å². The predicted octanol–water partition coefficient (Wildman–Crippen LogP) is 5.43. The van der Waals surface area contributed by atoms with Crippen molar-refractivity contribution < 1.29 is 4.79 Å². The molecule has 0 bridgehead atoms. The number of nitrogens with zero attached hydrogens (tertiary/aromatic N) is 3. The quantitative estimate of drug-likeness (QED) is 0.362. The molecular formula is C26H26N4OS2. The summed E-state index contributed by atoms with van der Waals surface area (Å²) in [7, 11) is 0. The summed E-state index contributed by atoms with van der Waals surface area (Å²) in [4.78, 5) is 21.0. The van der Waals surface area contributed by atoms with Crippen molar-refractivity contribution in [3.8, 4) is 0 Å². The zero-order valence-electron chi connectivity index (χ0n) is 18.3. The van der Waals surface area contributed by atoms with Gasteiger partial charge in [0.2, 0.25) is 0 Å². The van der Waals surface area contributed by atoms with Crippen LogP contribution in [0.2, 0.25) is 0 Å². The van der Waals surface area contributed by atoms with Gasteiger partial charge < -0.3 is 9.72 Å². The second-order valence-corrected chi connectivity index (χ2v) is 10.3. The number of carbonyl (C=O) groups is 1. The smallest absolute Gasteiger partial charge is 0.255 e. The average Bonchev–Trinajstić information content (AvgIpc) is 3.27. The van der Waals surface area contributed by atoms with Crippen LogP contribution < -0.4 is 5.32 Å². The summed E-state index contributed by atoms with van der Waals surface area (Å²) < 4.78 is 2.03. The number of nitrogens with one attached hydrogen (secondary N) is 1. The molecule has 7 heteroatoms. The van der Waals surface area contributed by atoms with Gasteiger partial charge in [-0.1, -0.05) is 18.2 Å². The molecular weight excluding hydrogens is 448 g/mol. The van der Waals surface area contributed by atoms with E-state index in [1.807, 2.05) is 77.0 Å². The summed E-state index contributed by atoms with van der Waals surface area (Å²) in [5, 5.41) is 3.05. The van der Waals surface area contributed by atoms with Crippen LogP contribution in [0.5, 0.6) is 0 Å². The van der Waals surface area contributed by atoms with Crippen molar-refractivity contribution in [3.63, 3.8) is 0 Å². The Kier molecular flexibility index (Phi) is 7.00. The lowest BCUT2D eigenvalue weighted by Gasteiger charge is -2.26. The Hall–Kier alpha value is -2.74. The van der Waals surface area contributed by atoms with Crippen LogP contribution in [-0.4, -0.2) is 44.8 Å². The minimum absolute atomic E-state index is 0.0848. The van der Waals surface area contributed by atoms with Crippen molar-refractivity contribution in [2.24, 2.45) is 0 Å². The van der Waals surface area contributed by atoms with Crippen molar-refractivity contribution in [2.45, 2.75) is 17.2 Å². The number of fused-ring (bicyclic) bond motifs is 1. The minimum atomic E-state index is -0.0848. The summed E-state index contributed by atoms with van der Waals surface area (Å²) in [5.41, 5.74) is 4.73. The third-order valence-electron chi connectivity index (χ3n) is 5.61. The average molecular weight is 475 g/mol. The zero-order valence-corrected chi connectivity index (χ0v) is 19.9. The number of aromatic nitrogens is 2. The summed E-state index contributed by atoms with van der Waals surface area (Å²) in [6.45, 7) is 3.19. The van der Waals surface area contributed by atoms with Gasteiger partial charge in [-0.15, -0.1) is 11.8 Å². The third kappa shape index (κ3) is 5.79. The maximum absolute atomic E-state index is 12.8. The number of imidazole rings is 1. The highest BCUT2D eigenvalue weighted by Crippen LogP contribution is 2.23. The van der Waals surface area contributed by atoms with Gasteiger partial charge in [-0.3, -0.25) is 9.69 Å². The summed E-state index contributed by atoms with van der Waals surface area (Å²) >= 11 is 3.74. The molecule has 5 nitrogen and oxygen atoms in total. The number of hydrogen-bond donors (Lipinski definition) is 1. The van der Waals surface area contributed by atoms with Gasteiger partial charge in [-0.05, 0) is 54.1 Å². The second kappa shape index (κ2) is 10.5. The zero-order chi connectivity index (χ0) is 22.5. The Morgan fingerprint density at radius 3 is 2.70 bits per heavy atom. The Labute approximate surface area is 202 Å². The fourth-order valence-electron chi connectivity index (χ4n) is 3.88. The third-order valence-corrected chi connectivity index (χ3v) is 7.60. The van der Waals surface area contributed by atoms with Crippen molar-refractivity contribution in [3.05, 3.63) is 95.9 Å². The maximum Gasteiger partial charge on any atom is 0.255 e. The Morgan fingerprint density at radius 2 is 1.88 bits per heavy atom. The fraction of sp³-hybridized carbons (Fsp3) is 0.231. The standard InChI is InChI=1S/C26H26N4OS2/c31-26(28-22-5-3-4-20(16-22)17-29-12-14-32-15-13-29)21-7-9-24(10-8-21)33-19-23-18-30-11-2-1-6-25(30)27-23/h1-11,16,18H,12-15,17,19H2,(H,28,31). The molecule has 2 aromatic carbocycles. The van der Waals surface area contributed by atoms with E-state index in [1.54, 1.807) is 11.8 Å². The van der Waals surface area contributed by atoms with Gasteiger partial charge in [0.1, 0.15) is 5.65 Å². The number of rotatable bonds is 7. The maximum atomic E-state index is 12.8. The van der Waals surface area contributed by atoms with Crippen molar-refractivity contribution in [1.82, 2.24) is 14.3 Å². The number of hydrogen-bond acceptors (Lipinski definition) is 5. The van der Waals surface area contributed by atoms with Crippen LogP contribution in [0.15, 0.2) is 84.0 Å². The lowest BCUT2D eigenvalue weighted by atomic mass is 10.1. The molecule has 1 saturated heterocycles. The van der Waals surface area contributed by atoms with Crippen LogP contribution in [0, 0.1) is 0 Å². The molecule has 2 aromatic heterocycles. The normalized spacial score (nSPS) is 14.4. The van der Waals surface area contributed by atoms with E-state index in [2.05, 4.69) is 33.5 Å². The van der Waals surface area contributed by atoms with Crippen LogP contribution >= 0.6 is 23.5 Å². The van der Waals surface area contributed by atoms with E-state index in [1.165, 1.54) is 17.1 Å². The van der Waals surface area contributed by atoms with E-state index in [-0.39, 0.29) is 5.91 Å². The van der Waals surface area contributed by atoms with E-state index in [9.17, 15) is 4.79 Å². The highest BCUT2D eigenvalue weighted by Gasteiger charge is 2.12. The molecule has 1 aliphatic heterocycles. The molecule has 0 radical (unpaired) electrons. The summed E-state index contributed by atoms with van der Waals surface area (Å²) in [5.74, 6) is 3.10. The van der Waals surface area contributed by atoms with Gasteiger partial charge in [0.25, 0.3) is 5.91 Å². The fourth-order valence-corrected chi connectivity index (χ4v) is 5.65. The molecule has 3 heterocycles. The largest absolute Gasteiger partial charge is 0.322 e. The van der Waals surface area contributed by atoms with Crippen LogP contribution in [0.3, 0.4) is 0 Å². The summed E-state index contributed by atoms with van der Waals surface area (Å²) in [6.07, 6.45) is 4.06. The minimum Gasteiger partial charge on any atom is -0.322 e. The van der Waals surface area contributed by atoms with Crippen molar-refractivity contribution in [2.75, 3.05) is 29.9 Å². The molecule has 0 unspecified atom stereocenters. The lowest BCUT2D eigenvalue weighted by molar-refractivity contribution is 0.102. The Morgan fingerprint density at radius 1 is 1.03 bits per heavy atom. The highest BCUT2D eigenvalue weighted by atomic mass is 32.2. The number of thioether (sulfide) groups is 2. The predicted molar refractivity (Wildman–Crippen MR) is 138 cm³/mol. The number of carbonyl (C=O) groups excluding carboxylic acids is 1. The van der Waals surface area contributed by atoms with Crippen molar-refractivity contribution in [1.29, 1.82) is 0 Å². The Balaban J connectivity index is 1.17. The van der Waals surface area contributed by atoms with Crippen LogP contribution in [0.25, 0.3) is 5.65 Å². The monoisotopic (exact) mass is 474 g/mol. The first-order valence-electron chi connectivity index (χ1n) is 11.1. The molecule has 1 N–H and O–H groups in total. The van der Waals surface area contributed by atoms with Gasteiger partial charge in [0.15, 0.2) is 0 Å². The van der Waals surface area contributed by atoms with Crippen molar-refractivity contribution >= 4 is 40.8 Å². The van der Waals surface area contributed by atoms with E-state index < -0.39 is 0 Å². The number of amides is 1. The molecule has 1 aliphatic rings. The molecule has 5 rings (SSSR count). The molecule has 1 fully saturated rings. The topological polar surface area (TPSA) is 49.6 Å². The number of pyridine rings is 1. The molecule has 0 saturated carbocycles. The molecule has 33 heavy (non-hydrogen) atoms. The molecule has 0 aliphatic carbocycles. The SMILES string of the molecule is O=C(Nc1cccc(CN2CCSCC2)c1)c1ccc(SCc2cn3ccccc3n2)cc1. The van der Waals surface area contributed by atoms with Crippen LogP contribution in [0.1, 0.15) is 21.6 Å². The molecule has 0 spiro atoms. The molecule has 0 atom stereocenters. The first-order valence-corrected chi connectivity index (χ1v) is 13.2. The van der Waals surface area contributed by atoms with E-state index >= 15 is 0 Å². The Bertz CT molecular complexity index is 1200. The van der Waals surface area contributed by atoms with Gasteiger partial charge in [0.05, 0.1) is 5.69 Å². The second-order valence-electron chi connectivity index (χ2n) is 8.05.